The number of urea groups is 1. The fourth-order valence-electron chi connectivity index (χ4n) is 3.52. The van der Waals surface area contributed by atoms with Crippen molar-refractivity contribution in [1.29, 1.82) is 0 Å². The lowest BCUT2D eigenvalue weighted by Crippen LogP contribution is -2.40. The van der Waals surface area contributed by atoms with Gasteiger partial charge in [-0.2, -0.15) is 0 Å². The standard InChI is InChI=1S/C22H29FN4O/c1-15-5-6-17(18-9-19(23)13-24-12-18)10-20(15)26-21(28)25-11-16-7-8-27(14-16)22(2,3)4/h5-6,9-10,12-13,16H,7-8,11,14H2,1-4H3,(H2,25,26,28). The van der Waals surface area contributed by atoms with E-state index in [2.05, 4.69) is 41.3 Å². The van der Waals surface area contributed by atoms with Gasteiger partial charge in [-0.15, -0.1) is 0 Å². The minimum absolute atomic E-state index is 0.167. The highest BCUT2D eigenvalue weighted by molar-refractivity contribution is 5.91. The van der Waals surface area contributed by atoms with E-state index in [0.29, 0.717) is 23.7 Å². The smallest absolute Gasteiger partial charge is 0.319 e. The van der Waals surface area contributed by atoms with E-state index in [1.54, 1.807) is 6.20 Å². The van der Waals surface area contributed by atoms with Crippen LogP contribution in [0.5, 0.6) is 0 Å². The SMILES string of the molecule is Cc1ccc(-c2cncc(F)c2)cc1NC(=O)NCC1CCN(C(C)(C)C)C1. The van der Waals surface area contributed by atoms with E-state index in [1.807, 2.05) is 25.1 Å². The normalized spacial score (nSPS) is 17.5. The van der Waals surface area contributed by atoms with Gasteiger partial charge in [0.05, 0.1) is 6.20 Å². The number of hydrogen-bond donors (Lipinski definition) is 2. The lowest BCUT2D eigenvalue weighted by Gasteiger charge is -2.31. The third-order valence-electron chi connectivity index (χ3n) is 5.31. The molecule has 2 amide bonds. The van der Waals surface area contributed by atoms with Crippen molar-refractivity contribution in [1.82, 2.24) is 15.2 Å². The molecule has 1 atom stereocenters. The van der Waals surface area contributed by atoms with Crippen LogP contribution in [0.2, 0.25) is 0 Å². The Morgan fingerprint density at radius 3 is 2.71 bits per heavy atom. The maximum absolute atomic E-state index is 13.4. The van der Waals surface area contributed by atoms with Crippen LogP contribution < -0.4 is 10.6 Å². The summed E-state index contributed by atoms with van der Waals surface area (Å²) in [5, 5.41) is 5.91. The number of pyridine rings is 1. The summed E-state index contributed by atoms with van der Waals surface area (Å²) in [6, 6.07) is 6.87. The van der Waals surface area contributed by atoms with E-state index in [4.69, 9.17) is 0 Å². The number of carbonyl (C=O) groups excluding carboxylic acids is 1. The Morgan fingerprint density at radius 2 is 2.04 bits per heavy atom. The minimum Gasteiger partial charge on any atom is -0.338 e. The average Bonchev–Trinajstić information content (AvgIpc) is 3.11. The molecule has 2 N–H and O–H groups in total. The van der Waals surface area contributed by atoms with Crippen molar-refractivity contribution in [3.63, 3.8) is 0 Å². The fraction of sp³-hybridized carbons (Fsp3) is 0.455. The largest absolute Gasteiger partial charge is 0.338 e. The van der Waals surface area contributed by atoms with Crippen LogP contribution in [-0.4, -0.2) is 41.1 Å². The molecule has 1 aromatic heterocycles. The first kappa shape index (κ1) is 20.3. The molecule has 2 heterocycles. The minimum atomic E-state index is -0.383. The average molecular weight is 384 g/mol. The molecule has 0 spiro atoms. The van der Waals surface area contributed by atoms with E-state index >= 15 is 0 Å². The fourth-order valence-corrected chi connectivity index (χ4v) is 3.52. The molecule has 28 heavy (non-hydrogen) atoms. The van der Waals surface area contributed by atoms with Crippen molar-refractivity contribution in [3.05, 3.63) is 48.0 Å². The van der Waals surface area contributed by atoms with Crippen molar-refractivity contribution in [2.45, 2.75) is 39.7 Å². The monoisotopic (exact) mass is 384 g/mol. The lowest BCUT2D eigenvalue weighted by atomic mass is 10.0. The molecule has 0 saturated carbocycles. The van der Waals surface area contributed by atoms with Crippen LogP contribution >= 0.6 is 0 Å². The molecular formula is C22H29FN4O. The Bertz CT molecular complexity index is 847. The zero-order chi connectivity index (χ0) is 20.3. The Balaban J connectivity index is 1.59. The maximum atomic E-state index is 13.4. The van der Waals surface area contributed by atoms with Gasteiger partial charge in [-0.3, -0.25) is 9.88 Å². The summed E-state index contributed by atoms with van der Waals surface area (Å²) in [4.78, 5) is 18.7. The van der Waals surface area contributed by atoms with Crippen LogP contribution in [0.15, 0.2) is 36.7 Å². The summed E-state index contributed by atoms with van der Waals surface area (Å²) in [7, 11) is 0. The van der Waals surface area contributed by atoms with E-state index in [0.717, 1.165) is 30.6 Å². The Hall–Kier alpha value is -2.47. The summed E-state index contributed by atoms with van der Waals surface area (Å²) in [5.41, 5.74) is 3.31. The highest BCUT2D eigenvalue weighted by atomic mass is 19.1. The zero-order valence-electron chi connectivity index (χ0n) is 17.1. The second kappa shape index (κ2) is 8.27. The van der Waals surface area contributed by atoms with Crippen LogP contribution in [0.3, 0.4) is 0 Å². The summed E-state index contributed by atoms with van der Waals surface area (Å²) in [5.74, 6) is 0.0852. The Labute approximate surface area is 166 Å². The quantitative estimate of drug-likeness (QED) is 0.819. The third kappa shape index (κ3) is 5.07. The molecule has 1 aromatic carbocycles. The number of anilines is 1. The number of carbonyl (C=O) groups is 1. The Kier molecular flexibility index (Phi) is 5.98. The number of hydrogen-bond acceptors (Lipinski definition) is 3. The molecular weight excluding hydrogens is 355 g/mol. The first-order chi connectivity index (χ1) is 13.2. The number of likely N-dealkylation sites (tertiary alicyclic amines) is 1. The predicted molar refractivity (Wildman–Crippen MR) is 111 cm³/mol. The summed E-state index contributed by atoms with van der Waals surface area (Å²) in [6.07, 6.45) is 3.88. The van der Waals surface area contributed by atoms with Gasteiger partial charge in [-0.1, -0.05) is 12.1 Å². The molecule has 1 unspecified atom stereocenters. The second-order valence-corrected chi connectivity index (χ2v) is 8.53. The van der Waals surface area contributed by atoms with Gasteiger partial charge in [-0.05, 0) is 69.8 Å². The highest BCUT2D eigenvalue weighted by Crippen LogP contribution is 2.26. The van der Waals surface area contributed by atoms with Crippen LogP contribution in [0, 0.1) is 18.7 Å². The molecule has 0 aliphatic carbocycles. The first-order valence-corrected chi connectivity index (χ1v) is 9.74. The van der Waals surface area contributed by atoms with Crippen molar-refractivity contribution in [2.75, 3.05) is 25.0 Å². The molecule has 0 bridgehead atoms. The van der Waals surface area contributed by atoms with Crippen molar-refractivity contribution >= 4 is 11.7 Å². The number of rotatable bonds is 4. The van der Waals surface area contributed by atoms with Crippen LogP contribution in [-0.2, 0) is 0 Å². The number of amides is 2. The van der Waals surface area contributed by atoms with Crippen LogP contribution in [0.4, 0.5) is 14.9 Å². The topological polar surface area (TPSA) is 57.3 Å². The van der Waals surface area contributed by atoms with Gasteiger partial charge in [0.2, 0.25) is 0 Å². The predicted octanol–water partition coefficient (Wildman–Crippen LogP) is 4.44. The number of halogens is 1. The molecule has 1 aliphatic rings. The number of nitrogens with zero attached hydrogens (tertiary/aromatic N) is 2. The van der Waals surface area contributed by atoms with E-state index in [9.17, 15) is 9.18 Å². The van der Waals surface area contributed by atoms with Crippen molar-refractivity contribution in [2.24, 2.45) is 5.92 Å². The van der Waals surface area contributed by atoms with Crippen molar-refractivity contribution in [3.8, 4) is 11.1 Å². The van der Waals surface area contributed by atoms with Crippen LogP contribution in [0.1, 0.15) is 32.8 Å². The summed E-state index contributed by atoms with van der Waals surface area (Å²) < 4.78 is 13.4. The molecule has 1 fully saturated rings. The number of aryl methyl sites for hydroxylation is 1. The van der Waals surface area contributed by atoms with Gasteiger partial charge in [0.15, 0.2) is 0 Å². The van der Waals surface area contributed by atoms with Gasteiger partial charge in [0.1, 0.15) is 5.82 Å². The molecule has 6 heteroatoms. The molecule has 2 aromatic rings. The maximum Gasteiger partial charge on any atom is 0.319 e. The number of benzene rings is 1. The van der Waals surface area contributed by atoms with Gasteiger partial charge < -0.3 is 10.6 Å². The molecule has 150 valence electrons. The molecule has 0 radical (unpaired) electrons. The van der Waals surface area contributed by atoms with Gasteiger partial charge >= 0.3 is 6.03 Å². The third-order valence-corrected chi connectivity index (χ3v) is 5.31. The molecule has 1 aliphatic heterocycles. The number of aromatic nitrogens is 1. The van der Waals surface area contributed by atoms with Gasteiger partial charge in [-0.25, -0.2) is 9.18 Å². The van der Waals surface area contributed by atoms with Gasteiger partial charge in [0, 0.05) is 36.1 Å². The Morgan fingerprint density at radius 1 is 1.25 bits per heavy atom. The highest BCUT2D eigenvalue weighted by Gasteiger charge is 2.30. The molecule has 5 nitrogen and oxygen atoms in total. The van der Waals surface area contributed by atoms with E-state index in [-0.39, 0.29) is 17.4 Å². The van der Waals surface area contributed by atoms with E-state index < -0.39 is 0 Å². The summed E-state index contributed by atoms with van der Waals surface area (Å²) >= 11 is 0. The molecule has 3 rings (SSSR count). The zero-order valence-corrected chi connectivity index (χ0v) is 17.1. The lowest BCUT2D eigenvalue weighted by molar-refractivity contribution is 0.168. The van der Waals surface area contributed by atoms with Gasteiger partial charge in [0.25, 0.3) is 0 Å². The van der Waals surface area contributed by atoms with E-state index in [1.165, 1.54) is 12.3 Å². The second-order valence-electron chi connectivity index (χ2n) is 8.53. The van der Waals surface area contributed by atoms with Crippen molar-refractivity contribution < 1.29 is 9.18 Å². The first-order valence-electron chi connectivity index (χ1n) is 9.74. The summed E-state index contributed by atoms with van der Waals surface area (Å²) in [6.45, 7) is 11.3. The molecule has 1 saturated heterocycles. The van der Waals surface area contributed by atoms with Crippen LogP contribution in [0.25, 0.3) is 11.1 Å². The number of nitrogens with one attached hydrogen (secondary N) is 2.